The Morgan fingerprint density at radius 2 is 1.67 bits per heavy atom. The summed E-state index contributed by atoms with van der Waals surface area (Å²) in [6.45, 7) is 1.77. The maximum atomic E-state index is 12.4. The van der Waals surface area contributed by atoms with Gasteiger partial charge in [-0.05, 0) is 21.0 Å². The van der Waals surface area contributed by atoms with E-state index in [1.807, 2.05) is 30.3 Å². The summed E-state index contributed by atoms with van der Waals surface area (Å²) in [4.78, 5) is 31.4. The molecule has 0 aliphatic carbocycles. The molecule has 1 unspecified atom stereocenters. The molecule has 7 heteroatoms. The maximum absolute atomic E-state index is 12.4. The third-order valence-electron chi connectivity index (χ3n) is 3.87. The molecule has 1 atom stereocenters. The fraction of sp³-hybridized carbons (Fsp3) is 0.353. The number of ether oxygens (including phenoxy) is 2. The van der Waals surface area contributed by atoms with E-state index in [0.29, 0.717) is 5.04 Å². The van der Waals surface area contributed by atoms with Crippen LogP contribution in [0, 0.1) is 0 Å². The minimum atomic E-state index is -1.05. The van der Waals surface area contributed by atoms with Crippen molar-refractivity contribution >= 4 is 28.7 Å². The predicted molar refractivity (Wildman–Crippen MR) is 93.7 cm³/mol. The molecule has 0 aromatic heterocycles. The fourth-order valence-corrected chi connectivity index (χ4v) is 3.51. The molecule has 24 heavy (non-hydrogen) atoms. The molecule has 0 fully saturated rings. The van der Waals surface area contributed by atoms with Gasteiger partial charge in [-0.3, -0.25) is 9.89 Å². The van der Waals surface area contributed by atoms with Crippen molar-refractivity contribution in [2.75, 3.05) is 28.3 Å². The van der Waals surface area contributed by atoms with Gasteiger partial charge in [0.05, 0.1) is 14.2 Å². The van der Waals surface area contributed by atoms with Crippen LogP contribution in [0.3, 0.4) is 0 Å². The first-order chi connectivity index (χ1) is 11.3. The first kappa shape index (κ1) is 18.2. The van der Waals surface area contributed by atoms with Crippen LogP contribution in [0.15, 0.2) is 45.8 Å². The van der Waals surface area contributed by atoms with Gasteiger partial charge in [-0.15, -0.1) is 0 Å². The average Bonchev–Trinajstić information content (AvgIpc) is 2.60. The standard InChI is InChI=1S/C17H20N2O4S/c1-17(19(2)3)12(15(20)22-4)13(16(21)23-5)24-14(18-17)11-9-7-6-8-10-11/h6-10H,1-5H3. The first-order valence-corrected chi connectivity index (χ1v) is 8.08. The summed E-state index contributed by atoms with van der Waals surface area (Å²) in [6.07, 6.45) is 0. The van der Waals surface area contributed by atoms with Gasteiger partial charge in [0.15, 0.2) is 0 Å². The van der Waals surface area contributed by atoms with Crippen molar-refractivity contribution in [2.24, 2.45) is 4.99 Å². The summed E-state index contributed by atoms with van der Waals surface area (Å²) >= 11 is 1.12. The van der Waals surface area contributed by atoms with Crippen molar-refractivity contribution in [3.8, 4) is 0 Å². The zero-order chi connectivity index (χ0) is 17.9. The number of esters is 2. The second kappa shape index (κ2) is 7.19. The molecule has 0 bridgehead atoms. The van der Waals surface area contributed by atoms with Gasteiger partial charge >= 0.3 is 11.9 Å². The largest absolute Gasteiger partial charge is 0.466 e. The Kier molecular flexibility index (Phi) is 5.46. The average molecular weight is 348 g/mol. The monoisotopic (exact) mass is 348 g/mol. The van der Waals surface area contributed by atoms with Crippen LogP contribution in [0.25, 0.3) is 0 Å². The van der Waals surface area contributed by atoms with Gasteiger partial charge in [0.2, 0.25) is 0 Å². The van der Waals surface area contributed by atoms with Crippen LogP contribution in [-0.4, -0.2) is 55.9 Å². The highest BCUT2D eigenvalue weighted by molar-refractivity contribution is 8.18. The highest BCUT2D eigenvalue weighted by Crippen LogP contribution is 2.40. The molecule has 0 saturated carbocycles. The molecule has 0 radical (unpaired) electrons. The lowest BCUT2D eigenvalue weighted by Gasteiger charge is -2.37. The molecule has 0 spiro atoms. The van der Waals surface area contributed by atoms with E-state index >= 15 is 0 Å². The number of likely N-dealkylation sites (N-methyl/N-ethyl adjacent to an activating group) is 1. The van der Waals surface area contributed by atoms with Gasteiger partial charge in [0, 0.05) is 5.56 Å². The van der Waals surface area contributed by atoms with Gasteiger partial charge in [0.1, 0.15) is 21.2 Å². The van der Waals surface area contributed by atoms with E-state index in [9.17, 15) is 9.59 Å². The molecule has 1 heterocycles. The van der Waals surface area contributed by atoms with Crippen LogP contribution in [0.2, 0.25) is 0 Å². The zero-order valence-corrected chi connectivity index (χ0v) is 15.1. The molecule has 0 saturated heterocycles. The smallest absolute Gasteiger partial charge is 0.345 e. The summed E-state index contributed by atoms with van der Waals surface area (Å²) in [7, 11) is 6.15. The van der Waals surface area contributed by atoms with Gasteiger partial charge in [-0.25, -0.2) is 9.59 Å². The molecule has 0 N–H and O–H groups in total. The molecule has 1 aromatic carbocycles. The molecule has 128 valence electrons. The number of carbonyl (C=O) groups is 2. The Morgan fingerprint density at radius 3 is 2.17 bits per heavy atom. The van der Waals surface area contributed by atoms with Crippen LogP contribution in [-0.2, 0) is 19.1 Å². The number of benzene rings is 1. The van der Waals surface area contributed by atoms with Crippen LogP contribution in [0.1, 0.15) is 12.5 Å². The van der Waals surface area contributed by atoms with Crippen LogP contribution in [0.5, 0.6) is 0 Å². The molecular formula is C17H20N2O4S. The number of hydrogen-bond donors (Lipinski definition) is 0. The van der Waals surface area contributed by atoms with Crippen molar-refractivity contribution in [3.63, 3.8) is 0 Å². The van der Waals surface area contributed by atoms with E-state index < -0.39 is 17.6 Å². The van der Waals surface area contributed by atoms with E-state index in [-0.39, 0.29) is 10.5 Å². The lowest BCUT2D eigenvalue weighted by atomic mass is 9.99. The minimum absolute atomic E-state index is 0.173. The highest BCUT2D eigenvalue weighted by Gasteiger charge is 2.44. The van der Waals surface area contributed by atoms with Crippen LogP contribution in [0.4, 0.5) is 0 Å². The quantitative estimate of drug-likeness (QED) is 0.776. The Morgan fingerprint density at radius 1 is 1.08 bits per heavy atom. The van der Waals surface area contributed by atoms with Crippen molar-refractivity contribution in [2.45, 2.75) is 12.6 Å². The minimum Gasteiger partial charge on any atom is -0.466 e. The molecular weight excluding hydrogens is 328 g/mol. The number of hydrogen-bond acceptors (Lipinski definition) is 7. The molecule has 1 aromatic rings. The van der Waals surface area contributed by atoms with Crippen LogP contribution >= 0.6 is 11.8 Å². The van der Waals surface area contributed by atoms with Gasteiger partial charge in [-0.1, -0.05) is 42.1 Å². The van der Waals surface area contributed by atoms with Crippen LogP contribution < -0.4 is 0 Å². The normalized spacial score (nSPS) is 20.7. The Labute approximate surface area is 145 Å². The topological polar surface area (TPSA) is 68.2 Å². The summed E-state index contributed by atoms with van der Waals surface area (Å²) in [5, 5.41) is 0.639. The van der Waals surface area contributed by atoms with E-state index in [1.165, 1.54) is 14.2 Å². The van der Waals surface area contributed by atoms with Gasteiger partial charge in [-0.2, -0.15) is 0 Å². The third kappa shape index (κ3) is 3.22. The summed E-state index contributed by atoms with van der Waals surface area (Å²) < 4.78 is 9.76. The Hall–Kier alpha value is -2.12. The zero-order valence-electron chi connectivity index (χ0n) is 14.3. The van der Waals surface area contributed by atoms with E-state index in [1.54, 1.807) is 25.9 Å². The van der Waals surface area contributed by atoms with E-state index in [4.69, 9.17) is 14.5 Å². The number of rotatable bonds is 4. The van der Waals surface area contributed by atoms with Crippen molar-refractivity contribution in [1.29, 1.82) is 0 Å². The number of carbonyl (C=O) groups excluding carboxylic acids is 2. The van der Waals surface area contributed by atoms with Crippen molar-refractivity contribution in [3.05, 3.63) is 46.4 Å². The lowest BCUT2D eigenvalue weighted by molar-refractivity contribution is -0.140. The Bertz CT molecular complexity index is 713. The summed E-state index contributed by atoms with van der Waals surface area (Å²) in [6, 6.07) is 9.49. The molecule has 1 aliphatic rings. The summed E-state index contributed by atoms with van der Waals surface area (Å²) in [5.41, 5.74) is -0.0139. The van der Waals surface area contributed by atoms with Gasteiger partial charge < -0.3 is 9.47 Å². The number of methoxy groups -OCH3 is 2. The second-order valence-corrected chi connectivity index (χ2v) is 6.49. The molecule has 6 nitrogen and oxygen atoms in total. The molecule has 0 amide bonds. The predicted octanol–water partition coefficient (Wildman–Crippen LogP) is 2.06. The SMILES string of the molecule is COC(=O)C1=C(C(=O)OC)C(C)(N(C)C)N=C(c2ccccc2)S1. The lowest BCUT2D eigenvalue weighted by Crippen LogP contribution is -2.47. The van der Waals surface area contributed by atoms with E-state index in [2.05, 4.69) is 0 Å². The number of nitrogens with zero attached hydrogens (tertiary/aromatic N) is 2. The Balaban J connectivity index is 2.68. The first-order valence-electron chi connectivity index (χ1n) is 7.27. The molecule has 1 aliphatic heterocycles. The fourth-order valence-electron chi connectivity index (χ4n) is 2.29. The number of thioether (sulfide) groups is 1. The maximum Gasteiger partial charge on any atom is 0.345 e. The van der Waals surface area contributed by atoms with Crippen molar-refractivity contribution < 1.29 is 19.1 Å². The van der Waals surface area contributed by atoms with Gasteiger partial charge in [0.25, 0.3) is 0 Å². The second-order valence-electron chi connectivity index (χ2n) is 5.49. The molecule has 2 rings (SSSR count). The van der Waals surface area contributed by atoms with Crippen molar-refractivity contribution in [1.82, 2.24) is 4.90 Å². The summed E-state index contributed by atoms with van der Waals surface area (Å²) in [5.74, 6) is -1.19. The number of aliphatic imine (C=N–C) groups is 1. The van der Waals surface area contributed by atoms with E-state index in [0.717, 1.165) is 17.3 Å². The third-order valence-corrected chi connectivity index (χ3v) is 4.97. The highest BCUT2D eigenvalue weighted by atomic mass is 32.2.